The zero-order valence-corrected chi connectivity index (χ0v) is 21.2. The van der Waals surface area contributed by atoms with Crippen molar-refractivity contribution in [2.45, 2.75) is 50.2 Å². The van der Waals surface area contributed by atoms with Crippen molar-refractivity contribution in [3.05, 3.63) is 99.6 Å². The fraction of sp³-hybridized carbons (Fsp3) is 0.276. The summed E-state index contributed by atoms with van der Waals surface area (Å²) in [7, 11) is 0. The fourth-order valence-corrected chi connectivity index (χ4v) is 5.27. The second-order valence-corrected chi connectivity index (χ2v) is 9.92. The number of carbonyl (C=O) groups excluding carboxylic acids is 3. The van der Waals surface area contributed by atoms with Crippen molar-refractivity contribution < 1.29 is 19.3 Å². The van der Waals surface area contributed by atoms with Crippen LogP contribution < -0.4 is 21.3 Å². The molecule has 3 aromatic rings. The number of non-ortho nitro benzene ring substituents is 1. The van der Waals surface area contributed by atoms with E-state index in [1.54, 1.807) is 18.2 Å². The van der Waals surface area contributed by atoms with Crippen LogP contribution in [0.4, 0.5) is 17.1 Å². The maximum atomic E-state index is 13.9. The molecule has 3 unspecified atom stereocenters. The van der Waals surface area contributed by atoms with Crippen LogP contribution >= 0.6 is 0 Å². The van der Waals surface area contributed by atoms with Gasteiger partial charge in [-0.25, -0.2) is 0 Å². The molecule has 1 aliphatic carbocycles. The van der Waals surface area contributed by atoms with Gasteiger partial charge >= 0.3 is 0 Å². The van der Waals surface area contributed by atoms with Gasteiger partial charge in [-0.05, 0) is 48.7 Å². The Morgan fingerprint density at radius 1 is 0.974 bits per heavy atom. The van der Waals surface area contributed by atoms with Crippen molar-refractivity contribution in [2.75, 3.05) is 10.2 Å². The van der Waals surface area contributed by atoms with Gasteiger partial charge in [-0.3, -0.25) is 29.4 Å². The second-order valence-electron chi connectivity index (χ2n) is 9.92. The fourth-order valence-electron chi connectivity index (χ4n) is 5.27. The van der Waals surface area contributed by atoms with Gasteiger partial charge in [0.1, 0.15) is 0 Å². The van der Waals surface area contributed by atoms with E-state index in [4.69, 9.17) is 5.73 Å². The summed E-state index contributed by atoms with van der Waals surface area (Å²) < 4.78 is 0. The topological polar surface area (TPSA) is 148 Å². The molecule has 0 saturated heterocycles. The van der Waals surface area contributed by atoms with Crippen molar-refractivity contribution in [2.24, 2.45) is 5.73 Å². The lowest BCUT2D eigenvalue weighted by molar-refractivity contribution is -0.384. The first-order valence-corrected chi connectivity index (χ1v) is 12.9. The van der Waals surface area contributed by atoms with Gasteiger partial charge in [0.25, 0.3) is 17.5 Å². The summed E-state index contributed by atoms with van der Waals surface area (Å²) in [4.78, 5) is 52.2. The molecule has 10 heteroatoms. The number of benzene rings is 3. The number of nitrogens with zero attached hydrogens (tertiary/aromatic N) is 2. The van der Waals surface area contributed by atoms with Gasteiger partial charge in [0.15, 0.2) is 0 Å². The van der Waals surface area contributed by atoms with Crippen molar-refractivity contribution >= 4 is 34.8 Å². The smallest absolute Gasteiger partial charge is 0.269 e. The highest BCUT2D eigenvalue weighted by atomic mass is 16.6. The molecule has 1 heterocycles. The van der Waals surface area contributed by atoms with Crippen LogP contribution in [-0.2, 0) is 4.79 Å². The Hall–Kier alpha value is -4.57. The van der Waals surface area contributed by atoms with Gasteiger partial charge in [-0.1, -0.05) is 43.2 Å². The van der Waals surface area contributed by atoms with E-state index in [-0.39, 0.29) is 41.6 Å². The predicted octanol–water partition coefficient (Wildman–Crippen LogP) is 4.32. The quantitative estimate of drug-likeness (QED) is 0.332. The highest BCUT2D eigenvalue weighted by molar-refractivity contribution is 6.12. The first-order chi connectivity index (χ1) is 18.8. The lowest BCUT2D eigenvalue weighted by Crippen LogP contribution is -2.49. The summed E-state index contributed by atoms with van der Waals surface area (Å²) in [5, 5.41) is 17.0. The molecule has 1 saturated carbocycles. The minimum atomic E-state index is -0.643. The Kier molecular flexibility index (Phi) is 7.38. The molecular weight excluding hydrogens is 498 g/mol. The summed E-state index contributed by atoms with van der Waals surface area (Å²) in [5.41, 5.74) is 8.15. The van der Waals surface area contributed by atoms with Crippen LogP contribution in [0.15, 0.2) is 72.8 Å². The maximum absolute atomic E-state index is 13.9. The summed E-state index contributed by atoms with van der Waals surface area (Å²) in [6, 6.07) is 18.5. The van der Waals surface area contributed by atoms with Crippen LogP contribution in [0.1, 0.15) is 64.4 Å². The van der Waals surface area contributed by atoms with E-state index in [2.05, 4.69) is 10.6 Å². The van der Waals surface area contributed by atoms with Crippen molar-refractivity contribution in [3.63, 3.8) is 0 Å². The van der Waals surface area contributed by atoms with Crippen molar-refractivity contribution in [1.29, 1.82) is 0 Å². The Labute approximate surface area is 225 Å². The maximum Gasteiger partial charge on any atom is 0.269 e. The predicted molar refractivity (Wildman–Crippen MR) is 146 cm³/mol. The van der Waals surface area contributed by atoms with Crippen molar-refractivity contribution in [1.82, 2.24) is 5.32 Å². The highest BCUT2D eigenvalue weighted by Crippen LogP contribution is 2.40. The molecule has 39 heavy (non-hydrogen) atoms. The molecule has 1 aliphatic heterocycles. The molecule has 2 aliphatic rings. The van der Waals surface area contributed by atoms with Crippen LogP contribution in [0, 0.1) is 10.1 Å². The monoisotopic (exact) mass is 527 g/mol. The van der Waals surface area contributed by atoms with Crippen LogP contribution in [-0.4, -0.2) is 34.7 Å². The summed E-state index contributed by atoms with van der Waals surface area (Å²) in [5.74, 6) is -1.04. The number of anilines is 2. The molecule has 0 radical (unpaired) electrons. The zero-order chi connectivity index (χ0) is 27.5. The normalized spacial score (nSPS) is 20.8. The first-order valence-electron chi connectivity index (χ1n) is 12.9. The van der Waals surface area contributed by atoms with Crippen LogP contribution in [0.25, 0.3) is 0 Å². The number of nitro benzene ring substituents is 1. The molecule has 5 rings (SSSR count). The third kappa shape index (κ3) is 5.51. The van der Waals surface area contributed by atoms with Gasteiger partial charge < -0.3 is 16.4 Å². The average Bonchev–Trinajstić information content (AvgIpc) is 3.09. The lowest BCUT2D eigenvalue weighted by atomic mass is 9.91. The van der Waals surface area contributed by atoms with Gasteiger partial charge in [0.05, 0.1) is 28.8 Å². The van der Waals surface area contributed by atoms with Gasteiger partial charge in [-0.2, -0.15) is 0 Å². The third-order valence-electron chi connectivity index (χ3n) is 7.35. The van der Waals surface area contributed by atoms with Gasteiger partial charge in [-0.15, -0.1) is 0 Å². The molecular formula is C29H29N5O5. The molecule has 200 valence electrons. The Morgan fingerprint density at radius 2 is 1.67 bits per heavy atom. The molecule has 10 nitrogen and oxygen atoms in total. The number of carbonyl (C=O) groups is 3. The number of nitrogens with two attached hydrogens (primary N) is 1. The largest absolute Gasteiger partial charge is 0.348 e. The number of nitro groups is 1. The third-order valence-corrected chi connectivity index (χ3v) is 7.35. The number of hydrogen-bond donors (Lipinski definition) is 3. The lowest BCUT2D eigenvalue weighted by Gasteiger charge is -2.31. The molecule has 0 spiro atoms. The summed E-state index contributed by atoms with van der Waals surface area (Å²) in [6.45, 7) is 0. The second kappa shape index (κ2) is 11.0. The molecule has 3 aromatic carbocycles. The van der Waals surface area contributed by atoms with E-state index in [0.29, 0.717) is 16.9 Å². The number of hydrogen-bond acceptors (Lipinski definition) is 6. The minimum absolute atomic E-state index is 0.0180. The van der Waals surface area contributed by atoms with Gasteiger partial charge in [0, 0.05) is 35.3 Å². The number of fused-ring (bicyclic) bond motifs is 1. The van der Waals surface area contributed by atoms with Gasteiger partial charge in [0.2, 0.25) is 5.91 Å². The molecule has 1 fully saturated rings. The minimum Gasteiger partial charge on any atom is -0.348 e. The number of amides is 3. The Bertz CT molecular complexity index is 1410. The first kappa shape index (κ1) is 26.1. The SMILES string of the molecule is NC1CCCCC1NC(=O)c1ccc2c(c1)NC(=O)CC(c1ccccc1)N2C(=O)c1ccc([N+](=O)[O-])cc1. The van der Waals surface area contributed by atoms with E-state index in [0.717, 1.165) is 31.2 Å². The molecule has 3 atom stereocenters. The Morgan fingerprint density at radius 3 is 2.36 bits per heavy atom. The van der Waals surface area contributed by atoms with Crippen LogP contribution in [0.5, 0.6) is 0 Å². The standard InChI is InChI=1S/C29H29N5O5/c30-22-8-4-5-9-23(22)32-28(36)20-12-15-25-24(16-20)31-27(35)17-26(18-6-2-1-3-7-18)33(25)29(37)19-10-13-21(14-11-19)34(38)39/h1-3,6-7,10-16,22-23,26H,4-5,8-9,17,30H2,(H,31,35)(H,32,36). The Balaban J connectivity index is 1.53. The van der Waals surface area contributed by atoms with E-state index in [9.17, 15) is 24.5 Å². The zero-order valence-electron chi connectivity index (χ0n) is 21.2. The highest BCUT2D eigenvalue weighted by Gasteiger charge is 2.35. The van der Waals surface area contributed by atoms with E-state index < -0.39 is 16.9 Å². The van der Waals surface area contributed by atoms with Crippen LogP contribution in [0.2, 0.25) is 0 Å². The average molecular weight is 528 g/mol. The van der Waals surface area contributed by atoms with Crippen LogP contribution in [0.3, 0.4) is 0 Å². The van der Waals surface area contributed by atoms with E-state index >= 15 is 0 Å². The summed E-state index contributed by atoms with van der Waals surface area (Å²) >= 11 is 0. The number of rotatable bonds is 5. The molecule has 0 aromatic heterocycles. The molecule has 3 amide bonds. The van der Waals surface area contributed by atoms with Crippen molar-refractivity contribution in [3.8, 4) is 0 Å². The molecule has 4 N–H and O–H groups in total. The molecule has 0 bridgehead atoms. The number of nitrogens with one attached hydrogen (secondary N) is 2. The van der Waals surface area contributed by atoms with E-state index in [1.165, 1.54) is 29.2 Å². The van der Waals surface area contributed by atoms with E-state index in [1.807, 2.05) is 30.3 Å². The summed E-state index contributed by atoms with van der Waals surface area (Å²) in [6.07, 6.45) is 3.69.